The van der Waals surface area contributed by atoms with Crippen LogP contribution in [0, 0.1) is 5.92 Å². The zero-order valence-electron chi connectivity index (χ0n) is 19.2. The highest BCUT2D eigenvalue weighted by atomic mass is 16.2. The van der Waals surface area contributed by atoms with Gasteiger partial charge in [-0.15, -0.1) is 0 Å². The second-order valence-electron chi connectivity index (χ2n) is 8.73. The van der Waals surface area contributed by atoms with Crippen molar-refractivity contribution in [1.29, 1.82) is 0 Å². The number of anilines is 4. The first-order chi connectivity index (χ1) is 15.9. The molecule has 0 radical (unpaired) electrons. The van der Waals surface area contributed by atoms with Crippen LogP contribution in [0.15, 0.2) is 30.7 Å². The molecule has 33 heavy (non-hydrogen) atoms. The van der Waals surface area contributed by atoms with E-state index in [0.717, 1.165) is 35.3 Å². The summed E-state index contributed by atoms with van der Waals surface area (Å²) in [5, 5.41) is 10.9. The fourth-order valence-corrected chi connectivity index (χ4v) is 4.26. The van der Waals surface area contributed by atoms with Crippen LogP contribution in [0.1, 0.15) is 55.1 Å². The van der Waals surface area contributed by atoms with E-state index >= 15 is 0 Å². The van der Waals surface area contributed by atoms with Gasteiger partial charge in [0.15, 0.2) is 11.6 Å². The van der Waals surface area contributed by atoms with Crippen LogP contribution >= 0.6 is 0 Å². The second kappa shape index (κ2) is 7.99. The fourth-order valence-electron chi connectivity index (χ4n) is 4.26. The van der Waals surface area contributed by atoms with Crippen molar-refractivity contribution in [2.75, 3.05) is 22.6 Å². The smallest absolute Gasteiger partial charge is 0.228 e. The Bertz CT molecular complexity index is 1260. The van der Waals surface area contributed by atoms with E-state index in [0.29, 0.717) is 29.3 Å². The Labute approximate surface area is 192 Å². The Kier molecular flexibility index (Phi) is 5.11. The minimum Gasteiger partial charge on any atom is -0.364 e. The summed E-state index contributed by atoms with van der Waals surface area (Å²) < 4.78 is 1.83. The molecule has 0 unspecified atom stereocenters. The number of hydrogen-bond acceptors (Lipinski definition) is 7. The largest absolute Gasteiger partial charge is 0.364 e. The van der Waals surface area contributed by atoms with Crippen LogP contribution in [-0.4, -0.2) is 38.5 Å². The standard InChI is InChI=1S/C24H27N7O2/c1-5-19(32)16-11-26-20(28-24(33)14-6-7-14)10-18(16)27-23-22-15(8-9-25-23)21-17(12-30(3)29-21)13(2)31(22)4/h8-14H,5-7H2,1-4H3,(H2,25,26,27,28,33)/t13-/m0/s1. The maximum atomic E-state index is 12.6. The lowest BCUT2D eigenvalue weighted by atomic mass is 9.96. The predicted octanol–water partition coefficient (Wildman–Crippen LogP) is 4.07. The van der Waals surface area contributed by atoms with Crippen LogP contribution in [0.3, 0.4) is 0 Å². The van der Waals surface area contributed by atoms with Gasteiger partial charge in [0, 0.05) is 62.2 Å². The minimum absolute atomic E-state index is 0.0329. The number of carbonyl (C=O) groups is 2. The molecule has 3 aromatic heterocycles. The van der Waals surface area contributed by atoms with Gasteiger partial charge in [-0.2, -0.15) is 5.10 Å². The minimum atomic E-state index is -0.0383. The predicted molar refractivity (Wildman–Crippen MR) is 127 cm³/mol. The third-order valence-electron chi connectivity index (χ3n) is 6.40. The molecule has 5 rings (SSSR count). The third-order valence-corrected chi connectivity index (χ3v) is 6.40. The maximum absolute atomic E-state index is 12.6. The quantitative estimate of drug-likeness (QED) is 0.551. The first kappa shape index (κ1) is 21.1. The molecule has 0 spiro atoms. The van der Waals surface area contributed by atoms with Crippen molar-refractivity contribution in [3.05, 3.63) is 41.9 Å². The SMILES string of the molecule is CCC(=O)c1cnc(NC(=O)C2CC2)cc1Nc1nccc2c1N(C)[C@@H](C)c1cn(C)nc1-2. The fraction of sp³-hybridized carbons (Fsp3) is 0.375. The topological polar surface area (TPSA) is 105 Å². The number of pyridine rings is 2. The Morgan fingerprint density at radius 2 is 2.00 bits per heavy atom. The normalized spacial score (nSPS) is 16.7. The Morgan fingerprint density at radius 3 is 2.73 bits per heavy atom. The van der Waals surface area contributed by atoms with Crippen LogP contribution in [0.4, 0.5) is 23.0 Å². The molecule has 2 aliphatic rings. The molecule has 1 amide bonds. The molecular weight excluding hydrogens is 418 g/mol. The number of rotatable bonds is 6. The molecule has 3 aromatic rings. The van der Waals surface area contributed by atoms with Crippen molar-refractivity contribution in [2.45, 2.75) is 39.2 Å². The highest BCUT2D eigenvalue weighted by Crippen LogP contribution is 2.46. The number of aryl methyl sites for hydroxylation is 1. The zero-order valence-corrected chi connectivity index (χ0v) is 19.2. The van der Waals surface area contributed by atoms with Gasteiger partial charge in [0.1, 0.15) is 5.82 Å². The number of aromatic nitrogens is 4. The van der Waals surface area contributed by atoms with Crippen molar-refractivity contribution in [3.8, 4) is 11.3 Å². The molecule has 1 aliphatic carbocycles. The maximum Gasteiger partial charge on any atom is 0.228 e. The van der Waals surface area contributed by atoms with Crippen molar-refractivity contribution in [1.82, 2.24) is 19.7 Å². The summed E-state index contributed by atoms with van der Waals surface area (Å²) >= 11 is 0. The summed E-state index contributed by atoms with van der Waals surface area (Å²) in [6, 6.07) is 3.78. The monoisotopic (exact) mass is 445 g/mol. The first-order valence-electron chi connectivity index (χ1n) is 11.2. The summed E-state index contributed by atoms with van der Waals surface area (Å²) in [4.78, 5) is 36.0. The van der Waals surface area contributed by atoms with Gasteiger partial charge in [-0.3, -0.25) is 14.3 Å². The molecule has 1 fully saturated rings. The second-order valence-corrected chi connectivity index (χ2v) is 8.73. The van der Waals surface area contributed by atoms with Crippen LogP contribution < -0.4 is 15.5 Å². The summed E-state index contributed by atoms with van der Waals surface area (Å²) in [5.74, 6) is 1.03. The number of nitrogens with zero attached hydrogens (tertiary/aromatic N) is 5. The van der Waals surface area contributed by atoms with Gasteiger partial charge in [0.2, 0.25) is 5.91 Å². The van der Waals surface area contributed by atoms with Crippen LogP contribution in [0.25, 0.3) is 11.3 Å². The van der Waals surface area contributed by atoms with E-state index in [2.05, 4.69) is 37.5 Å². The molecule has 2 N–H and O–H groups in total. The average Bonchev–Trinajstić information content (AvgIpc) is 3.58. The van der Waals surface area contributed by atoms with Gasteiger partial charge >= 0.3 is 0 Å². The van der Waals surface area contributed by atoms with E-state index in [9.17, 15) is 9.59 Å². The molecule has 1 aliphatic heterocycles. The van der Waals surface area contributed by atoms with E-state index in [-0.39, 0.29) is 23.7 Å². The van der Waals surface area contributed by atoms with Gasteiger partial charge in [-0.05, 0) is 25.8 Å². The van der Waals surface area contributed by atoms with E-state index in [1.165, 1.54) is 6.20 Å². The van der Waals surface area contributed by atoms with E-state index in [1.54, 1.807) is 12.3 Å². The molecule has 4 heterocycles. The number of ketones is 1. The molecule has 0 saturated heterocycles. The molecular formula is C24H27N7O2. The number of carbonyl (C=O) groups excluding carboxylic acids is 2. The molecule has 9 nitrogen and oxygen atoms in total. The first-order valence-corrected chi connectivity index (χ1v) is 11.2. The summed E-state index contributed by atoms with van der Waals surface area (Å²) in [5.41, 5.74) is 5.00. The molecule has 0 bridgehead atoms. The molecule has 1 saturated carbocycles. The highest BCUT2D eigenvalue weighted by molar-refractivity contribution is 6.03. The van der Waals surface area contributed by atoms with Gasteiger partial charge < -0.3 is 15.5 Å². The van der Waals surface area contributed by atoms with Crippen LogP contribution in [0.5, 0.6) is 0 Å². The number of Topliss-reactive ketones (excluding diaryl/α,β-unsaturated/α-hetero) is 1. The van der Waals surface area contributed by atoms with Crippen molar-refractivity contribution in [3.63, 3.8) is 0 Å². The van der Waals surface area contributed by atoms with Crippen LogP contribution in [-0.2, 0) is 11.8 Å². The molecule has 9 heteroatoms. The lowest BCUT2D eigenvalue weighted by Gasteiger charge is -2.34. The van der Waals surface area contributed by atoms with Crippen LogP contribution in [0.2, 0.25) is 0 Å². The zero-order chi connectivity index (χ0) is 23.3. The number of hydrogen-bond donors (Lipinski definition) is 2. The summed E-state index contributed by atoms with van der Waals surface area (Å²) in [6.07, 6.45) is 7.46. The van der Waals surface area contributed by atoms with Crippen molar-refractivity contribution in [2.24, 2.45) is 13.0 Å². The average molecular weight is 446 g/mol. The highest BCUT2D eigenvalue weighted by Gasteiger charge is 2.32. The van der Waals surface area contributed by atoms with E-state index < -0.39 is 0 Å². The van der Waals surface area contributed by atoms with Gasteiger partial charge in [0.25, 0.3) is 0 Å². The van der Waals surface area contributed by atoms with Gasteiger partial charge in [-0.25, -0.2) is 9.97 Å². The lowest BCUT2D eigenvalue weighted by molar-refractivity contribution is -0.117. The van der Waals surface area contributed by atoms with Crippen molar-refractivity contribution < 1.29 is 9.59 Å². The van der Waals surface area contributed by atoms with Gasteiger partial charge in [0.05, 0.1) is 28.7 Å². The Hall–Kier alpha value is -3.75. The van der Waals surface area contributed by atoms with E-state index in [1.807, 2.05) is 38.0 Å². The summed E-state index contributed by atoms with van der Waals surface area (Å²) in [6.45, 7) is 3.94. The van der Waals surface area contributed by atoms with E-state index in [4.69, 9.17) is 0 Å². The number of amides is 1. The number of nitrogens with one attached hydrogen (secondary N) is 2. The Morgan fingerprint density at radius 1 is 1.21 bits per heavy atom. The summed E-state index contributed by atoms with van der Waals surface area (Å²) in [7, 11) is 3.94. The lowest BCUT2D eigenvalue weighted by Crippen LogP contribution is -2.27. The Balaban J connectivity index is 1.57. The molecule has 170 valence electrons. The molecule has 0 aromatic carbocycles. The third kappa shape index (κ3) is 3.73. The van der Waals surface area contributed by atoms with Gasteiger partial charge in [-0.1, -0.05) is 6.92 Å². The number of fused-ring (bicyclic) bond motifs is 3. The van der Waals surface area contributed by atoms with Crippen molar-refractivity contribution >= 4 is 34.7 Å². The molecule has 1 atom stereocenters.